The van der Waals surface area contributed by atoms with E-state index in [0.29, 0.717) is 0 Å². The third kappa shape index (κ3) is 3.96. The van der Waals surface area contributed by atoms with Gasteiger partial charge in [-0.15, -0.1) is 11.3 Å². The molecule has 1 N–H and O–H groups in total. The highest BCUT2D eigenvalue weighted by atomic mass is 32.1. The third-order valence-corrected chi connectivity index (χ3v) is 3.37. The second kappa shape index (κ2) is 5.67. The summed E-state index contributed by atoms with van der Waals surface area (Å²) in [5.74, 6) is 0. The van der Waals surface area contributed by atoms with E-state index in [-0.39, 0.29) is 5.54 Å². The average Bonchev–Trinajstić information content (AvgIpc) is 2.81. The van der Waals surface area contributed by atoms with Crippen LogP contribution in [0.25, 0.3) is 4.96 Å². The Bertz CT molecular complexity index is 488. The van der Waals surface area contributed by atoms with Crippen molar-refractivity contribution in [2.75, 3.05) is 6.54 Å². The molecule has 2 heterocycles. The number of nitrogens with one attached hydrogen (secondary N) is 1. The number of rotatable bonds is 5. The highest BCUT2D eigenvalue weighted by Crippen LogP contribution is 2.11. The van der Waals surface area contributed by atoms with Crippen LogP contribution in [0.4, 0.5) is 0 Å². The van der Waals surface area contributed by atoms with Crippen LogP contribution in [0.5, 0.6) is 0 Å². The van der Waals surface area contributed by atoms with Gasteiger partial charge in [0.25, 0.3) is 0 Å². The summed E-state index contributed by atoms with van der Waals surface area (Å²) in [5.41, 5.74) is 1.35. The van der Waals surface area contributed by atoms with Gasteiger partial charge in [0.15, 0.2) is 4.96 Å². The lowest BCUT2D eigenvalue weighted by Gasteiger charge is -2.19. The maximum atomic E-state index is 4.54. The Hall–Kier alpha value is -1.13. The molecular weight excluding hydrogens is 242 g/mol. The Morgan fingerprint density at radius 3 is 2.94 bits per heavy atom. The van der Waals surface area contributed by atoms with Gasteiger partial charge in [-0.1, -0.05) is 12.2 Å². The molecule has 0 aliphatic carbocycles. The fourth-order valence-electron chi connectivity index (χ4n) is 1.73. The van der Waals surface area contributed by atoms with Gasteiger partial charge in [0.2, 0.25) is 0 Å². The molecule has 0 aromatic carbocycles. The largest absolute Gasteiger partial charge is 0.312 e. The van der Waals surface area contributed by atoms with Crippen molar-refractivity contribution >= 4 is 16.3 Å². The first-order chi connectivity index (χ1) is 8.54. The molecule has 0 spiro atoms. The molecule has 0 aliphatic rings. The molecule has 0 atom stereocenters. The van der Waals surface area contributed by atoms with Crippen LogP contribution in [0.3, 0.4) is 0 Å². The van der Waals surface area contributed by atoms with Crippen molar-refractivity contribution in [1.29, 1.82) is 0 Å². The first-order valence-electron chi connectivity index (χ1n) is 6.36. The molecule has 0 fully saturated rings. The van der Waals surface area contributed by atoms with Crippen molar-refractivity contribution in [3.63, 3.8) is 0 Å². The minimum Gasteiger partial charge on any atom is -0.312 e. The summed E-state index contributed by atoms with van der Waals surface area (Å²) in [6.07, 6.45) is 10.6. The van der Waals surface area contributed by atoms with E-state index in [9.17, 15) is 0 Å². The molecule has 0 amide bonds. The monoisotopic (exact) mass is 263 g/mol. The van der Waals surface area contributed by atoms with Gasteiger partial charge in [0.05, 0.1) is 5.69 Å². The Balaban J connectivity index is 1.73. The molecule has 2 aromatic rings. The van der Waals surface area contributed by atoms with E-state index in [4.69, 9.17) is 0 Å². The van der Waals surface area contributed by atoms with E-state index < -0.39 is 0 Å². The van der Waals surface area contributed by atoms with Crippen LogP contribution in [-0.4, -0.2) is 21.5 Å². The fraction of sp³-hybridized carbons (Fsp3) is 0.500. The minimum absolute atomic E-state index is 0.210. The molecule has 0 saturated carbocycles. The van der Waals surface area contributed by atoms with Gasteiger partial charge in [-0.2, -0.15) is 0 Å². The van der Waals surface area contributed by atoms with E-state index in [1.165, 1.54) is 0 Å². The molecule has 0 bridgehead atoms. The van der Waals surface area contributed by atoms with E-state index in [1.807, 2.05) is 6.20 Å². The molecule has 3 nitrogen and oxygen atoms in total. The third-order valence-electron chi connectivity index (χ3n) is 2.60. The lowest BCUT2D eigenvalue weighted by Crippen LogP contribution is -2.36. The van der Waals surface area contributed by atoms with Gasteiger partial charge in [0.1, 0.15) is 0 Å². The zero-order chi connectivity index (χ0) is 13.0. The van der Waals surface area contributed by atoms with Crippen LogP contribution in [0.2, 0.25) is 0 Å². The van der Waals surface area contributed by atoms with Crippen LogP contribution in [0, 0.1) is 0 Å². The number of allylic oxidation sites excluding steroid dienone is 1. The van der Waals surface area contributed by atoms with Gasteiger partial charge in [-0.3, -0.25) is 4.40 Å². The zero-order valence-electron chi connectivity index (χ0n) is 11.3. The summed E-state index contributed by atoms with van der Waals surface area (Å²) in [6, 6.07) is 0. The number of fused-ring (bicyclic) bond motifs is 1. The van der Waals surface area contributed by atoms with Gasteiger partial charge in [-0.25, -0.2) is 4.98 Å². The lowest BCUT2D eigenvalue weighted by atomic mass is 10.1. The van der Waals surface area contributed by atoms with E-state index in [1.54, 1.807) is 11.3 Å². The molecule has 98 valence electrons. The second-order valence-electron chi connectivity index (χ2n) is 5.47. The van der Waals surface area contributed by atoms with Crippen molar-refractivity contribution in [2.24, 2.45) is 0 Å². The van der Waals surface area contributed by atoms with E-state index in [0.717, 1.165) is 30.0 Å². The Kier molecular flexibility index (Phi) is 4.19. The summed E-state index contributed by atoms with van der Waals surface area (Å²) in [5, 5.41) is 5.52. The number of imidazole rings is 1. The SMILES string of the molecule is CC(C)(C)NCC/C=C/Cc1cn2ccsc2n1. The summed E-state index contributed by atoms with van der Waals surface area (Å²) in [7, 11) is 0. The second-order valence-corrected chi connectivity index (χ2v) is 6.34. The molecule has 0 saturated heterocycles. The van der Waals surface area contributed by atoms with Crippen LogP contribution in [0.15, 0.2) is 29.9 Å². The molecule has 0 unspecified atom stereocenters. The number of nitrogens with zero attached hydrogens (tertiary/aromatic N) is 2. The maximum Gasteiger partial charge on any atom is 0.193 e. The van der Waals surface area contributed by atoms with Crippen molar-refractivity contribution in [3.05, 3.63) is 35.6 Å². The van der Waals surface area contributed by atoms with Crippen molar-refractivity contribution in [3.8, 4) is 0 Å². The van der Waals surface area contributed by atoms with Crippen molar-refractivity contribution < 1.29 is 0 Å². The normalized spacial score (nSPS) is 12.8. The molecule has 18 heavy (non-hydrogen) atoms. The standard InChI is InChI=1S/C14H21N3S/c1-14(2,3)15-8-6-4-5-7-12-11-17-9-10-18-13(17)16-12/h4-5,9-11,15H,6-8H2,1-3H3/b5-4+. The highest BCUT2D eigenvalue weighted by molar-refractivity contribution is 7.15. The van der Waals surface area contributed by atoms with Crippen LogP contribution in [0.1, 0.15) is 32.9 Å². The molecule has 0 radical (unpaired) electrons. The van der Waals surface area contributed by atoms with E-state index >= 15 is 0 Å². The van der Waals surface area contributed by atoms with Gasteiger partial charge in [0, 0.05) is 29.7 Å². The maximum absolute atomic E-state index is 4.54. The zero-order valence-corrected chi connectivity index (χ0v) is 12.1. The van der Waals surface area contributed by atoms with Crippen LogP contribution < -0.4 is 5.32 Å². The summed E-state index contributed by atoms with van der Waals surface area (Å²) < 4.78 is 2.08. The van der Waals surface area contributed by atoms with Crippen LogP contribution in [-0.2, 0) is 6.42 Å². The lowest BCUT2D eigenvalue weighted by molar-refractivity contribution is 0.431. The Labute approximate surface area is 113 Å². The first kappa shape index (κ1) is 13.3. The Morgan fingerprint density at radius 2 is 2.22 bits per heavy atom. The molecule has 2 rings (SSSR count). The molecule has 2 aromatic heterocycles. The predicted molar refractivity (Wildman–Crippen MR) is 78.3 cm³/mol. The molecule has 4 heteroatoms. The number of hydrogen-bond acceptors (Lipinski definition) is 3. The smallest absolute Gasteiger partial charge is 0.193 e. The quantitative estimate of drug-likeness (QED) is 0.662. The van der Waals surface area contributed by atoms with Crippen molar-refractivity contribution in [1.82, 2.24) is 14.7 Å². The van der Waals surface area contributed by atoms with Gasteiger partial charge < -0.3 is 5.32 Å². The highest BCUT2D eigenvalue weighted by Gasteiger charge is 2.06. The summed E-state index contributed by atoms with van der Waals surface area (Å²) in [6.45, 7) is 7.59. The number of aromatic nitrogens is 2. The van der Waals surface area contributed by atoms with Gasteiger partial charge >= 0.3 is 0 Å². The predicted octanol–water partition coefficient (Wildman–Crippen LogP) is 3.27. The topological polar surface area (TPSA) is 29.3 Å². The van der Waals surface area contributed by atoms with Gasteiger partial charge in [-0.05, 0) is 33.7 Å². The van der Waals surface area contributed by atoms with Crippen molar-refractivity contribution in [2.45, 2.75) is 39.2 Å². The summed E-state index contributed by atoms with van der Waals surface area (Å²) >= 11 is 1.68. The van der Waals surface area contributed by atoms with Crippen LogP contribution >= 0.6 is 11.3 Å². The Morgan fingerprint density at radius 1 is 1.39 bits per heavy atom. The first-order valence-corrected chi connectivity index (χ1v) is 7.24. The summed E-state index contributed by atoms with van der Waals surface area (Å²) in [4.78, 5) is 5.62. The van der Waals surface area contributed by atoms with E-state index in [2.05, 4.69) is 59.2 Å². The fourth-order valence-corrected chi connectivity index (χ4v) is 2.45. The molecular formula is C14H21N3S. The number of hydrogen-bond donors (Lipinski definition) is 1. The minimum atomic E-state index is 0.210. The average molecular weight is 263 g/mol. The molecule has 0 aliphatic heterocycles. The number of thiazole rings is 1.